The van der Waals surface area contributed by atoms with Crippen LogP contribution in [0.1, 0.15) is 43.6 Å². The van der Waals surface area contributed by atoms with Crippen LogP contribution in [-0.2, 0) is 16.7 Å². The topological polar surface area (TPSA) is 63.4 Å². The van der Waals surface area contributed by atoms with Crippen LogP contribution in [0.3, 0.4) is 0 Å². The van der Waals surface area contributed by atoms with E-state index in [1.54, 1.807) is 7.11 Å². The second-order valence-electron chi connectivity index (χ2n) is 7.92. The molecule has 0 atom stereocenters. The number of piperidine rings is 2. The second kappa shape index (κ2) is 9.83. The van der Waals surface area contributed by atoms with E-state index in [2.05, 4.69) is 39.6 Å². The van der Waals surface area contributed by atoms with Crippen LogP contribution in [0.25, 0.3) is 11.4 Å². The van der Waals surface area contributed by atoms with Crippen molar-refractivity contribution in [3.8, 4) is 11.4 Å². The van der Waals surface area contributed by atoms with Gasteiger partial charge in [0.1, 0.15) is 0 Å². The van der Waals surface area contributed by atoms with Crippen molar-refractivity contribution in [3.05, 3.63) is 35.7 Å². The summed E-state index contributed by atoms with van der Waals surface area (Å²) in [5, 5.41) is 7.70. The largest absolute Gasteiger partial charge is 0.384 e. The Morgan fingerprint density at radius 3 is 2.71 bits per heavy atom. The molecule has 7 heteroatoms. The molecule has 0 saturated carbocycles. The molecule has 0 unspecified atom stereocenters. The third-order valence-electron chi connectivity index (χ3n) is 5.90. The lowest BCUT2D eigenvalue weighted by Crippen LogP contribution is -2.43. The second-order valence-corrected chi connectivity index (χ2v) is 7.92. The smallest absolute Gasteiger partial charge is 0.235 e. The van der Waals surface area contributed by atoms with Crippen LogP contribution in [0.15, 0.2) is 28.8 Å². The van der Waals surface area contributed by atoms with Crippen molar-refractivity contribution in [1.82, 2.24) is 20.4 Å². The zero-order chi connectivity index (χ0) is 18.5. The fourth-order valence-corrected chi connectivity index (χ4v) is 4.34. The van der Waals surface area contributed by atoms with Gasteiger partial charge in [0.05, 0.1) is 12.0 Å². The average molecular weight is 407 g/mol. The monoisotopic (exact) mass is 406 g/mol. The molecule has 2 fully saturated rings. The minimum Gasteiger partial charge on any atom is -0.384 e. The van der Waals surface area contributed by atoms with Gasteiger partial charge in [0.15, 0.2) is 0 Å². The summed E-state index contributed by atoms with van der Waals surface area (Å²) in [6, 6.07) is 8.56. The Morgan fingerprint density at radius 1 is 1.18 bits per heavy atom. The van der Waals surface area contributed by atoms with Gasteiger partial charge in [-0.25, -0.2) is 0 Å². The number of nitrogens with one attached hydrogen (secondary N) is 1. The number of nitrogens with zero attached hydrogens (tertiary/aromatic N) is 3. The molecule has 2 aliphatic rings. The molecule has 28 heavy (non-hydrogen) atoms. The Labute approximate surface area is 173 Å². The van der Waals surface area contributed by atoms with Crippen molar-refractivity contribution in [2.75, 3.05) is 39.9 Å². The summed E-state index contributed by atoms with van der Waals surface area (Å²) in [5.74, 6) is 1.39. The van der Waals surface area contributed by atoms with Crippen molar-refractivity contribution in [3.63, 3.8) is 0 Å². The quantitative estimate of drug-likeness (QED) is 0.793. The van der Waals surface area contributed by atoms with E-state index in [-0.39, 0.29) is 17.8 Å². The van der Waals surface area contributed by atoms with Gasteiger partial charge in [-0.3, -0.25) is 4.90 Å². The van der Waals surface area contributed by atoms with Crippen LogP contribution in [-0.4, -0.2) is 54.9 Å². The van der Waals surface area contributed by atoms with E-state index in [4.69, 9.17) is 14.2 Å². The first-order chi connectivity index (χ1) is 13.3. The van der Waals surface area contributed by atoms with Gasteiger partial charge >= 0.3 is 0 Å². The highest BCUT2D eigenvalue weighted by Gasteiger charge is 2.39. The van der Waals surface area contributed by atoms with Crippen molar-refractivity contribution < 1.29 is 9.26 Å². The Bertz CT molecular complexity index is 734. The molecular weight excluding hydrogens is 376 g/mol. The fraction of sp³-hybridized carbons (Fsp3) is 0.619. The predicted octanol–water partition coefficient (Wildman–Crippen LogP) is 3.41. The third-order valence-corrected chi connectivity index (χ3v) is 5.90. The minimum absolute atomic E-state index is 0. The highest BCUT2D eigenvalue weighted by atomic mass is 35.5. The first-order valence-electron chi connectivity index (χ1n) is 10.1. The van der Waals surface area contributed by atoms with Crippen molar-refractivity contribution >= 4 is 12.4 Å². The maximum absolute atomic E-state index is 5.72. The van der Waals surface area contributed by atoms with Gasteiger partial charge < -0.3 is 14.6 Å². The molecule has 0 bridgehead atoms. The van der Waals surface area contributed by atoms with Crippen LogP contribution in [0, 0.1) is 0 Å². The maximum Gasteiger partial charge on any atom is 0.235 e. The lowest BCUT2D eigenvalue weighted by Gasteiger charge is -2.33. The molecule has 0 spiro atoms. The van der Waals surface area contributed by atoms with Crippen molar-refractivity contribution in [2.45, 2.75) is 44.1 Å². The van der Waals surface area contributed by atoms with Crippen LogP contribution in [0.5, 0.6) is 0 Å². The van der Waals surface area contributed by atoms with E-state index in [1.165, 1.54) is 37.9 Å². The zero-order valence-corrected chi connectivity index (χ0v) is 17.5. The Morgan fingerprint density at radius 2 is 1.96 bits per heavy atom. The summed E-state index contributed by atoms with van der Waals surface area (Å²) < 4.78 is 11.2. The summed E-state index contributed by atoms with van der Waals surface area (Å²) in [6.07, 6.45) is 5.89. The Kier molecular flexibility index (Phi) is 7.46. The standard InChI is InChI=1S/C21H30N4O2.ClH/c1-26-16-21(8-10-22-11-9-21)20-23-19(24-27-20)18-7-5-6-17(14-18)15-25-12-3-2-4-13-25;/h5-7,14,22H,2-4,8-13,15-16H2,1H3;1H. The fourth-order valence-electron chi connectivity index (χ4n) is 4.34. The summed E-state index contributed by atoms with van der Waals surface area (Å²) in [5.41, 5.74) is 2.17. The van der Waals surface area contributed by atoms with Crippen LogP contribution in [0.2, 0.25) is 0 Å². The minimum atomic E-state index is -0.170. The van der Waals surface area contributed by atoms with Gasteiger partial charge in [-0.05, 0) is 63.5 Å². The van der Waals surface area contributed by atoms with E-state index in [0.29, 0.717) is 18.3 Å². The van der Waals surface area contributed by atoms with Crippen LogP contribution in [0.4, 0.5) is 0 Å². The third kappa shape index (κ3) is 4.74. The van der Waals surface area contributed by atoms with E-state index in [0.717, 1.165) is 38.0 Å². The Hall–Kier alpha value is -1.47. The molecular formula is C21H31ClN4O2. The SMILES string of the molecule is COCC1(c2nc(-c3cccc(CN4CCCCC4)c3)no2)CCNCC1.Cl. The molecule has 4 rings (SSSR count). The molecule has 6 nitrogen and oxygen atoms in total. The van der Waals surface area contributed by atoms with Crippen molar-refractivity contribution in [2.24, 2.45) is 0 Å². The molecule has 1 aromatic heterocycles. The molecule has 2 aliphatic heterocycles. The normalized spacial score (nSPS) is 19.9. The zero-order valence-electron chi connectivity index (χ0n) is 16.7. The van der Waals surface area contributed by atoms with E-state index in [9.17, 15) is 0 Å². The number of hydrogen-bond donors (Lipinski definition) is 1. The number of ether oxygens (including phenoxy) is 1. The highest BCUT2D eigenvalue weighted by molar-refractivity contribution is 5.85. The molecule has 154 valence electrons. The van der Waals surface area contributed by atoms with Gasteiger partial charge in [-0.2, -0.15) is 4.98 Å². The molecule has 0 aliphatic carbocycles. The first-order valence-corrected chi connectivity index (χ1v) is 10.1. The number of benzene rings is 1. The number of hydrogen-bond acceptors (Lipinski definition) is 6. The number of rotatable bonds is 6. The predicted molar refractivity (Wildman–Crippen MR) is 112 cm³/mol. The highest BCUT2D eigenvalue weighted by Crippen LogP contribution is 2.34. The molecule has 1 N–H and O–H groups in total. The molecule has 2 saturated heterocycles. The number of halogens is 1. The maximum atomic E-state index is 5.72. The van der Waals surface area contributed by atoms with Gasteiger partial charge in [-0.15, -0.1) is 12.4 Å². The number of likely N-dealkylation sites (tertiary alicyclic amines) is 1. The molecule has 2 aromatic rings. The summed E-state index contributed by atoms with van der Waals surface area (Å²) in [6.45, 7) is 5.91. The average Bonchev–Trinajstić information content (AvgIpc) is 3.21. The van der Waals surface area contributed by atoms with Crippen LogP contribution >= 0.6 is 12.4 Å². The lowest BCUT2D eigenvalue weighted by molar-refractivity contribution is 0.0850. The van der Waals surface area contributed by atoms with E-state index >= 15 is 0 Å². The van der Waals surface area contributed by atoms with Gasteiger partial charge in [0, 0.05) is 19.2 Å². The number of aromatic nitrogens is 2. The lowest BCUT2D eigenvalue weighted by atomic mass is 9.79. The van der Waals surface area contributed by atoms with E-state index in [1.807, 2.05) is 0 Å². The number of methoxy groups -OCH3 is 1. The first kappa shape index (κ1) is 21.2. The van der Waals surface area contributed by atoms with Gasteiger partial charge in [-0.1, -0.05) is 29.8 Å². The molecule has 0 amide bonds. The Balaban J connectivity index is 0.00000225. The van der Waals surface area contributed by atoms with Gasteiger partial charge in [0.2, 0.25) is 11.7 Å². The molecule has 3 heterocycles. The van der Waals surface area contributed by atoms with E-state index < -0.39 is 0 Å². The molecule has 0 radical (unpaired) electrons. The van der Waals surface area contributed by atoms with Crippen LogP contribution < -0.4 is 5.32 Å². The summed E-state index contributed by atoms with van der Waals surface area (Å²) in [4.78, 5) is 7.32. The summed E-state index contributed by atoms with van der Waals surface area (Å²) >= 11 is 0. The van der Waals surface area contributed by atoms with Gasteiger partial charge in [0.25, 0.3) is 0 Å². The molecule has 1 aromatic carbocycles. The summed E-state index contributed by atoms with van der Waals surface area (Å²) in [7, 11) is 1.74. The van der Waals surface area contributed by atoms with Crippen molar-refractivity contribution in [1.29, 1.82) is 0 Å².